The Morgan fingerprint density at radius 3 is 2.44 bits per heavy atom. The summed E-state index contributed by atoms with van der Waals surface area (Å²) in [6.07, 6.45) is 2.09. The third kappa shape index (κ3) is 4.55. The Balaban J connectivity index is 1.66. The van der Waals surface area contributed by atoms with Gasteiger partial charge in [0.2, 0.25) is 0 Å². The summed E-state index contributed by atoms with van der Waals surface area (Å²) in [5.41, 5.74) is 2.19. The fraction of sp³-hybridized carbons (Fsp3) is 0.0800. The van der Waals surface area contributed by atoms with Crippen molar-refractivity contribution in [3.63, 3.8) is 0 Å². The number of hydrogen-bond donors (Lipinski definition) is 2. The van der Waals surface area contributed by atoms with Crippen LogP contribution < -0.4 is 10.2 Å². The fourth-order valence-corrected chi connectivity index (χ4v) is 3.65. The van der Waals surface area contributed by atoms with Gasteiger partial charge < -0.3 is 10.4 Å². The van der Waals surface area contributed by atoms with Crippen LogP contribution in [0.1, 0.15) is 22.3 Å². The number of benzene rings is 3. The molecule has 0 radical (unpaired) electrons. The van der Waals surface area contributed by atoms with Crippen molar-refractivity contribution in [1.82, 2.24) is 0 Å². The van der Waals surface area contributed by atoms with E-state index < -0.39 is 5.97 Å². The highest BCUT2D eigenvalue weighted by molar-refractivity contribution is 6.33. The van der Waals surface area contributed by atoms with Crippen molar-refractivity contribution in [3.05, 3.63) is 101 Å². The number of rotatable bonds is 7. The number of amidine groups is 1. The lowest BCUT2D eigenvalue weighted by Crippen LogP contribution is -2.34. The number of nitrogens with one attached hydrogen (secondary N) is 1. The highest BCUT2D eigenvalue weighted by Gasteiger charge is 2.33. The summed E-state index contributed by atoms with van der Waals surface area (Å²) in [5.74, 6) is -1.01. The average molecular weight is 446 g/mol. The van der Waals surface area contributed by atoms with Gasteiger partial charge in [-0.25, -0.2) is 9.79 Å². The highest BCUT2D eigenvalue weighted by Crippen LogP contribution is 2.29. The number of carboxylic acid groups (broad SMARTS) is 1. The Bertz CT molecular complexity index is 1220. The molecule has 0 atom stereocenters. The van der Waals surface area contributed by atoms with Gasteiger partial charge in [-0.3, -0.25) is 9.69 Å². The normalized spacial score (nSPS) is 14.5. The Labute approximate surface area is 190 Å². The summed E-state index contributed by atoms with van der Waals surface area (Å²) in [6, 6.07) is 23.2. The van der Waals surface area contributed by atoms with Crippen molar-refractivity contribution < 1.29 is 14.7 Å². The van der Waals surface area contributed by atoms with Crippen molar-refractivity contribution >= 4 is 46.8 Å². The lowest BCUT2D eigenvalue weighted by atomic mass is 10.1. The number of amides is 1. The van der Waals surface area contributed by atoms with Gasteiger partial charge in [-0.05, 0) is 35.9 Å². The van der Waals surface area contributed by atoms with Crippen molar-refractivity contribution in [2.75, 3.05) is 16.8 Å². The first-order valence-electron chi connectivity index (χ1n) is 10.0. The zero-order valence-electron chi connectivity index (χ0n) is 17.0. The summed E-state index contributed by atoms with van der Waals surface area (Å²) in [6.45, 7) is 0.459. The van der Waals surface area contributed by atoms with Gasteiger partial charge in [-0.2, -0.15) is 0 Å². The first kappa shape index (κ1) is 21.3. The molecule has 4 rings (SSSR count). The molecule has 0 unspecified atom stereocenters. The quantitative estimate of drug-likeness (QED) is 0.482. The topological polar surface area (TPSA) is 82.0 Å². The SMILES string of the molecule is O=C(O)c1ccccc1N1C(=O)/C(=C\c2ccccc2)N=C1CCNc1ccccc1Cl. The van der Waals surface area contributed by atoms with E-state index in [1.165, 1.54) is 11.0 Å². The molecular weight excluding hydrogens is 426 g/mol. The molecule has 1 aliphatic heterocycles. The minimum absolute atomic E-state index is 0.0357. The van der Waals surface area contributed by atoms with E-state index in [0.29, 0.717) is 23.8 Å². The Morgan fingerprint density at radius 2 is 1.69 bits per heavy atom. The van der Waals surface area contributed by atoms with Crippen LogP contribution in [0, 0.1) is 0 Å². The van der Waals surface area contributed by atoms with Gasteiger partial charge in [0.25, 0.3) is 5.91 Å². The zero-order chi connectivity index (χ0) is 22.5. The molecule has 0 fully saturated rings. The minimum Gasteiger partial charge on any atom is -0.478 e. The molecule has 3 aromatic carbocycles. The predicted octanol–water partition coefficient (Wildman–Crippen LogP) is 5.33. The van der Waals surface area contributed by atoms with Crippen LogP contribution in [0.15, 0.2) is 89.6 Å². The van der Waals surface area contributed by atoms with Crippen molar-refractivity contribution in [3.8, 4) is 0 Å². The molecular formula is C25H20ClN3O3. The molecule has 0 saturated carbocycles. The van der Waals surface area contributed by atoms with Crippen LogP contribution in [0.3, 0.4) is 0 Å². The monoisotopic (exact) mass is 445 g/mol. The number of para-hydroxylation sites is 2. The summed E-state index contributed by atoms with van der Waals surface area (Å²) in [7, 11) is 0. The molecule has 3 aromatic rings. The van der Waals surface area contributed by atoms with E-state index in [1.54, 1.807) is 30.3 Å². The number of nitrogens with zero attached hydrogens (tertiary/aromatic N) is 2. The molecule has 0 aliphatic carbocycles. The van der Waals surface area contributed by atoms with E-state index in [4.69, 9.17) is 11.6 Å². The number of carbonyl (C=O) groups excluding carboxylic acids is 1. The number of carbonyl (C=O) groups is 2. The molecule has 6 nitrogen and oxygen atoms in total. The molecule has 32 heavy (non-hydrogen) atoms. The molecule has 1 heterocycles. The molecule has 2 N–H and O–H groups in total. The van der Waals surface area contributed by atoms with Crippen molar-refractivity contribution in [1.29, 1.82) is 0 Å². The predicted molar refractivity (Wildman–Crippen MR) is 127 cm³/mol. The molecule has 160 valence electrons. The van der Waals surface area contributed by atoms with Crippen molar-refractivity contribution in [2.45, 2.75) is 6.42 Å². The second-order valence-corrected chi connectivity index (χ2v) is 7.49. The number of halogens is 1. The third-order valence-corrected chi connectivity index (χ3v) is 5.28. The third-order valence-electron chi connectivity index (χ3n) is 4.95. The largest absolute Gasteiger partial charge is 0.478 e. The molecule has 0 spiro atoms. The van der Waals surface area contributed by atoms with Crippen LogP contribution in [-0.2, 0) is 4.79 Å². The van der Waals surface area contributed by atoms with Crippen LogP contribution in [-0.4, -0.2) is 29.4 Å². The summed E-state index contributed by atoms with van der Waals surface area (Å²) in [5, 5.41) is 13.5. The molecule has 0 bridgehead atoms. The molecule has 0 saturated heterocycles. The van der Waals surface area contributed by atoms with E-state index in [9.17, 15) is 14.7 Å². The maximum Gasteiger partial charge on any atom is 0.337 e. The lowest BCUT2D eigenvalue weighted by Gasteiger charge is -2.20. The summed E-state index contributed by atoms with van der Waals surface area (Å²) >= 11 is 6.20. The van der Waals surface area contributed by atoms with Gasteiger partial charge in [0.15, 0.2) is 0 Å². The number of anilines is 2. The van der Waals surface area contributed by atoms with Gasteiger partial charge >= 0.3 is 5.97 Å². The van der Waals surface area contributed by atoms with E-state index in [0.717, 1.165) is 11.3 Å². The summed E-state index contributed by atoms with van der Waals surface area (Å²) < 4.78 is 0. The highest BCUT2D eigenvalue weighted by atomic mass is 35.5. The minimum atomic E-state index is -1.11. The van der Waals surface area contributed by atoms with Crippen LogP contribution in [0.25, 0.3) is 6.08 Å². The second-order valence-electron chi connectivity index (χ2n) is 7.09. The average Bonchev–Trinajstić information content (AvgIpc) is 3.10. The van der Waals surface area contributed by atoms with Gasteiger partial charge in [-0.1, -0.05) is 66.2 Å². The van der Waals surface area contributed by atoms with Gasteiger partial charge in [0.05, 0.1) is 22.0 Å². The Morgan fingerprint density at radius 1 is 1.00 bits per heavy atom. The lowest BCUT2D eigenvalue weighted by molar-refractivity contribution is -0.113. The maximum absolute atomic E-state index is 13.3. The van der Waals surface area contributed by atoms with E-state index in [2.05, 4.69) is 10.3 Å². The van der Waals surface area contributed by atoms with E-state index in [1.807, 2.05) is 48.5 Å². The van der Waals surface area contributed by atoms with Crippen LogP contribution in [0.2, 0.25) is 5.02 Å². The molecule has 1 amide bonds. The van der Waals surface area contributed by atoms with Crippen LogP contribution in [0.5, 0.6) is 0 Å². The first-order chi connectivity index (χ1) is 15.5. The fourth-order valence-electron chi connectivity index (χ4n) is 3.45. The Hall–Kier alpha value is -3.90. The number of carboxylic acids is 1. The second kappa shape index (κ2) is 9.49. The van der Waals surface area contributed by atoms with E-state index in [-0.39, 0.29) is 22.9 Å². The molecule has 7 heteroatoms. The van der Waals surface area contributed by atoms with Gasteiger partial charge in [-0.15, -0.1) is 0 Å². The molecule has 0 aromatic heterocycles. The Kier molecular flexibility index (Phi) is 6.33. The number of hydrogen-bond acceptors (Lipinski definition) is 4. The zero-order valence-corrected chi connectivity index (χ0v) is 17.8. The first-order valence-corrected chi connectivity index (χ1v) is 10.4. The standard InChI is InChI=1S/C25H20ClN3O3/c26-19-11-5-6-12-20(19)27-15-14-23-28-21(16-17-8-2-1-3-9-17)24(30)29(23)22-13-7-4-10-18(22)25(31)32/h1-13,16,27H,14-15H2,(H,31,32)/b21-16+. The smallest absolute Gasteiger partial charge is 0.337 e. The van der Waals surface area contributed by atoms with Crippen LogP contribution >= 0.6 is 11.6 Å². The van der Waals surface area contributed by atoms with Gasteiger partial charge in [0.1, 0.15) is 11.5 Å². The van der Waals surface area contributed by atoms with Gasteiger partial charge in [0, 0.05) is 13.0 Å². The number of aliphatic imine (C=N–C) groups is 1. The maximum atomic E-state index is 13.3. The molecule has 1 aliphatic rings. The number of aromatic carboxylic acids is 1. The van der Waals surface area contributed by atoms with E-state index >= 15 is 0 Å². The van der Waals surface area contributed by atoms with Crippen LogP contribution in [0.4, 0.5) is 11.4 Å². The van der Waals surface area contributed by atoms with Crippen molar-refractivity contribution in [2.24, 2.45) is 4.99 Å². The summed E-state index contributed by atoms with van der Waals surface area (Å²) in [4.78, 5) is 31.0.